The third-order valence-electron chi connectivity index (χ3n) is 18.6. The third kappa shape index (κ3) is 20.4. The van der Waals surface area contributed by atoms with E-state index in [1.807, 2.05) is 0 Å². The minimum atomic E-state index is -1.97. The highest BCUT2D eigenvalue weighted by atomic mass is 16.7. The van der Waals surface area contributed by atoms with Gasteiger partial charge in [0.05, 0.1) is 130 Å². The van der Waals surface area contributed by atoms with Crippen LogP contribution in [0.4, 0.5) is 0 Å². The molecule has 44 heteroatoms. The zero-order chi connectivity index (χ0) is 76.0. The maximum Gasteiger partial charge on any atom is 0.335 e. The molecule has 44 nitrogen and oxygen atoms in total. The highest BCUT2D eigenvalue weighted by Gasteiger charge is 2.56. The Balaban J connectivity index is 0.000000346. The second kappa shape index (κ2) is 39.1. The van der Waals surface area contributed by atoms with Crippen molar-refractivity contribution in [3.8, 4) is 0 Å². The molecule has 0 aromatic carbocycles. The van der Waals surface area contributed by atoms with E-state index in [0.29, 0.717) is 0 Å². The standard InChI is InChI=1S/C36H58O25.C22H34O19/c1-51-5-13-21(37)26(42)18(59-29(13)33(45)46)10-56-7-15-23(39)28(44)20(61-31(15)35(49)53-3)12-57-8-16-24(40)27(43)19(60-32(16)36(50)54-4)11-55-6-14-22(38)25(41)17(9-52-2)58-30(14)34(47)48;23-9-5(1-37-4-8-12(26)13(27)14(28)18(40-8)21(34)35)16(19(30)31)39-7(11(9)25)3-38-2-6-10(24)15(29)22(36)41-17(6)20(32)33/h13-32,37-44H,5-12H2,1-4H3,(H,45,46)(H,47,48);5-18,22-29,36H,1-4H2,(H,30,31)(H,32,33)(H,34,35). The maximum absolute atomic E-state index is 12.8. The molecule has 0 aromatic heterocycles. The molecule has 7 aliphatic heterocycles. The Kier molecular flexibility index (Phi) is 33.0. The molecule has 21 N–H and O–H groups in total. The summed E-state index contributed by atoms with van der Waals surface area (Å²) in [4.78, 5) is 83.8. The Morgan fingerprint density at radius 3 is 0.716 bits per heavy atom. The molecule has 7 aliphatic rings. The number of esters is 2. The van der Waals surface area contributed by atoms with Crippen LogP contribution >= 0.6 is 0 Å². The van der Waals surface area contributed by atoms with Crippen molar-refractivity contribution in [1.82, 2.24) is 0 Å². The van der Waals surface area contributed by atoms with Gasteiger partial charge in [0.25, 0.3) is 0 Å². The number of carbonyl (C=O) groups excluding carboxylic acids is 2. The van der Waals surface area contributed by atoms with Crippen molar-refractivity contribution in [2.45, 2.75) is 177 Å². The van der Waals surface area contributed by atoms with Gasteiger partial charge in [0.1, 0.15) is 91.6 Å². The molecule has 7 fully saturated rings. The van der Waals surface area contributed by atoms with E-state index in [1.165, 1.54) is 14.2 Å². The summed E-state index contributed by atoms with van der Waals surface area (Å²) in [6, 6.07) is 0. The molecule has 0 aromatic rings. The summed E-state index contributed by atoms with van der Waals surface area (Å²) in [6.07, 6.45) is -48.1. The van der Waals surface area contributed by atoms with Gasteiger partial charge >= 0.3 is 41.8 Å². The van der Waals surface area contributed by atoms with Gasteiger partial charge in [0, 0.05) is 49.7 Å². The molecule has 7 saturated heterocycles. The van der Waals surface area contributed by atoms with Crippen molar-refractivity contribution in [2.24, 2.45) is 35.5 Å². The van der Waals surface area contributed by atoms with E-state index in [2.05, 4.69) is 0 Å². The van der Waals surface area contributed by atoms with E-state index >= 15 is 0 Å². The second-order valence-corrected chi connectivity index (χ2v) is 25.2. The van der Waals surface area contributed by atoms with E-state index in [4.69, 9.17) is 80.9 Å². The fourth-order valence-corrected chi connectivity index (χ4v) is 12.8. The lowest BCUT2D eigenvalue weighted by Crippen LogP contribution is -2.61. The van der Waals surface area contributed by atoms with Crippen LogP contribution in [0.1, 0.15) is 0 Å². The summed E-state index contributed by atoms with van der Waals surface area (Å²) in [5.74, 6) is -17.4. The molecular weight excluding hydrogens is 1400 g/mol. The summed E-state index contributed by atoms with van der Waals surface area (Å²) in [6.45, 7) is -6.07. The first-order chi connectivity index (χ1) is 48.1. The number of hydrogen-bond acceptors (Lipinski definition) is 39. The van der Waals surface area contributed by atoms with Gasteiger partial charge in [-0.25, -0.2) is 33.6 Å². The normalized spacial score (nSPS) is 43.2. The zero-order valence-electron chi connectivity index (χ0n) is 55.0. The lowest BCUT2D eigenvalue weighted by molar-refractivity contribution is -0.275. The first-order valence-corrected chi connectivity index (χ1v) is 31.7. The Labute approximate surface area is 577 Å². The van der Waals surface area contributed by atoms with Crippen LogP contribution in [0.5, 0.6) is 0 Å². The molecule has 0 spiro atoms. The lowest BCUT2D eigenvalue weighted by Gasteiger charge is -2.43. The van der Waals surface area contributed by atoms with Crippen LogP contribution < -0.4 is 0 Å². The molecule has 102 heavy (non-hydrogen) atoms. The van der Waals surface area contributed by atoms with E-state index < -0.39 is 321 Å². The quantitative estimate of drug-likeness (QED) is 0.0287. The SMILES string of the molecule is COCC1OC(C(=O)O)C(COCC2OC(C(=O)OC)C(COCC3OC(C(=O)OC)C(COCC4OC(C(=O)O)C(COC)C(O)C4O)C(O)C3O)C(O)C2O)C(O)C1O.O=C(O)C1OC(COCC2C(C(=O)O)OC(COCC3C(C(=O)O)OC(O)C(O)C3O)C(O)C2O)C(O)C(O)C1O. The molecule has 35 unspecified atom stereocenters. The molecule has 35 atom stereocenters. The highest BCUT2D eigenvalue weighted by molar-refractivity contribution is 5.77. The predicted molar refractivity (Wildman–Crippen MR) is 314 cm³/mol. The van der Waals surface area contributed by atoms with Crippen LogP contribution in [-0.4, -0.2) is 434 Å². The topological polar surface area (TPSA) is 692 Å². The van der Waals surface area contributed by atoms with E-state index in [-0.39, 0.29) is 13.2 Å². The average Bonchev–Trinajstić information content (AvgIpc) is 0.812. The molecule has 7 rings (SSSR count). The van der Waals surface area contributed by atoms with Crippen molar-refractivity contribution in [1.29, 1.82) is 0 Å². The van der Waals surface area contributed by atoms with Crippen LogP contribution in [-0.2, 0) is 109 Å². The Morgan fingerprint density at radius 1 is 0.235 bits per heavy atom. The van der Waals surface area contributed by atoms with Crippen molar-refractivity contribution in [3.05, 3.63) is 0 Å². The molecule has 7 heterocycles. The Morgan fingerprint density at radius 2 is 0.451 bits per heavy atom. The number of aliphatic hydroxyl groups excluding tert-OH is 16. The van der Waals surface area contributed by atoms with Crippen molar-refractivity contribution >= 4 is 41.8 Å². The largest absolute Gasteiger partial charge is 0.479 e. The fourth-order valence-electron chi connectivity index (χ4n) is 12.8. The van der Waals surface area contributed by atoms with Crippen molar-refractivity contribution in [2.75, 3.05) is 108 Å². The summed E-state index contributed by atoms with van der Waals surface area (Å²) in [5, 5.41) is 214. The van der Waals surface area contributed by atoms with Gasteiger partial charge < -0.3 is 183 Å². The monoisotopic (exact) mass is 1490 g/mol. The highest BCUT2D eigenvalue weighted by Crippen LogP contribution is 2.36. The molecule has 0 bridgehead atoms. The minimum Gasteiger partial charge on any atom is -0.479 e. The second-order valence-electron chi connectivity index (χ2n) is 25.2. The number of aliphatic hydroxyl groups is 16. The van der Waals surface area contributed by atoms with Gasteiger partial charge in [0.15, 0.2) is 49.0 Å². The number of carbonyl (C=O) groups is 7. The van der Waals surface area contributed by atoms with Crippen LogP contribution in [0.3, 0.4) is 0 Å². The number of carboxylic acid groups (broad SMARTS) is 5. The van der Waals surface area contributed by atoms with Gasteiger partial charge in [-0.3, -0.25) is 0 Å². The first-order valence-electron chi connectivity index (χ1n) is 31.7. The predicted octanol–water partition coefficient (Wildman–Crippen LogP) is -13.5. The van der Waals surface area contributed by atoms with Crippen LogP contribution in [0.25, 0.3) is 0 Å². The summed E-state index contributed by atoms with van der Waals surface area (Å²) >= 11 is 0. The number of methoxy groups -OCH3 is 4. The van der Waals surface area contributed by atoms with E-state index in [1.54, 1.807) is 0 Å². The number of ether oxygens (including phenoxy) is 16. The first kappa shape index (κ1) is 86.0. The minimum absolute atomic E-state index is 0.204. The number of hydrogen-bond donors (Lipinski definition) is 21. The summed E-state index contributed by atoms with van der Waals surface area (Å²) in [7, 11) is 4.65. The van der Waals surface area contributed by atoms with E-state index in [0.717, 1.165) is 14.2 Å². The van der Waals surface area contributed by atoms with Gasteiger partial charge in [0.2, 0.25) is 0 Å². The van der Waals surface area contributed by atoms with E-state index in [9.17, 15) is 136 Å². The van der Waals surface area contributed by atoms with Crippen LogP contribution in [0, 0.1) is 35.5 Å². The van der Waals surface area contributed by atoms with Gasteiger partial charge in [-0.2, -0.15) is 0 Å². The molecule has 0 amide bonds. The fraction of sp³-hybridized carbons (Fsp3) is 0.879. The van der Waals surface area contributed by atoms with Crippen LogP contribution in [0.15, 0.2) is 0 Å². The maximum atomic E-state index is 12.8. The number of carboxylic acids is 5. The average molecular weight is 1490 g/mol. The number of aliphatic carboxylic acids is 5. The van der Waals surface area contributed by atoms with Gasteiger partial charge in [-0.05, 0) is 0 Å². The Hall–Kier alpha value is -4.91. The van der Waals surface area contributed by atoms with Crippen molar-refractivity contribution in [3.63, 3.8) is 0 Å². The zero-order valence-corrected chi connectivity index (χ0v) is 55.0. The lowest BCUT2D eigenvalue weighted by atomic mass is 9.86. The summed E-state index contributed by atoms with van der Waals surface area (Å²) < 4.78 is 84.5. The van der Waals surface area contributed by atoms with Crippen molar-refractivity contribution < 1.29 is 217 Å². The van der Waals surface area contributed by atoms with Gasteiger partial charge in [-0.1, -0.05) is 0 Å². The van der Waals surface area contributed by atoms with Crippen LogP contribution in [0.2, 0.25) is 0 Å². The third-order valence-corrected chi connectivity index (χ3v) is 18.6. The number of rotatable bonds is 31. The molecule has 0 aliphatic carbocycles. The smallest absolute Gasteiger partial charge is 0.335 e. The van der Waals surface area contributed by atoms with Gasteiger partial charge in [-0.15, -0.1) is 0 Å². The molecule has 588 valence electrons. The molecular formula is C58H92O44. The molecule has 0 saturated carbocycles. The Bertz CT molecular complexity index is 2680. The summed E-state index contributed by atoms with van der Waals surface area (Å²) in [5.41, 5.74) is 0. The molecule has 0 radical (unpaired) electrons.